The first-order chi connectivity index (χ1) is 13.9. The molecular formula is C23H17ClF3NO. The molecule has 0 aliphatic carbocycles. The lowest BCUT2D eigenvalue weighted by atomic mass is 9.87. The minimum atomic E-state index is -4.60. The van der Waals surface area contributed by atoms with Crippen molar-refractivity contribution < 1.29 is 18.0 Å². The molecule has 6 heteroatoms. The van der Waals surface area contributed by atoms with Crippen molar-refractivity contribution in [2.24, 2.45) is 0 Å². The van der Waals surface area contributed by atoms with E-state index < -0.39 is 23.7 Å². The zero-order chi connectivity index (χ0) is 20.6. The van der Waals surface area contributed by atoms with Crippen molar-refractivity contribution in [3.63, 3.8) is 0 Å². The summed E-state index contributed by atoms with van der Waals surface area (Å²) in [5.74, 6) is -0.632. The minimum Gasteiger partial charge on any atom is -0.327 e. The van der Waals surface area contributed by atoms with E-state index in [1.165, 1.54) is 23.1 Å². The fraction of sp³-hybridized carbons (Fsp3) is 0.174. The van der Waals surface area contributed by atoms with Gasteiger partial charge < -0.3 is 4.90 Å². The SMILES string of the molecule is O=C(c1ccccc1C(F)(F)F)N1CCc2ccccc2[C@H]1c1ccc(Cl)cc1. The summed E-state index contributed by atoms with van der Waals surface area (Å²) in [6, 6.07) is 19.2. The molecule has 3 aromatic rings. The molecule has 0 N–H and O–H groups in total. The Balaban J connectivity index is 1.82. The number of rotatable bonds is 2. The Morgan fingerprint density at radius 1 is 0.931 bits per heavy atom. The summed E-state index contributed by atoms with van der Waals surface area (Å²) >= 11 is 6.01. The summed E-state index contributed by atoms with van der Waals surface area (Å²) in [5.41, 5.74) is 1.55. The number of benzene rings is 3. The molecule has 1 heterocycles. The van der Waals surface area contributed by atoms with Crippen LogP contribution in [0.15, 0.2) is 72.8 Å². The smallest absolute Gasteiger partial charge is 0.327 e. The van der Waals surface area contributed by atoms with Crippen molar-refractivity contribution in [3.8, 4) is 0 Å². The van der Waals surface area contributed by atoms with Crippen LogP contribution in [0.3, 0.4) is 0 Å². The van der Waals surface area contributed by atoms with Crippen LogP contribution >= 0.6 is 11.6 Å². The van der Waals surface area contributed by atoms with Crippen molar-refractivity contribution in [2.45, 2.75) is 18.6 Å². The highest BCUT2D eigenvalue weighted by Gasteiger charge is 2.38. The van der Waals surface area contributed by atoms with Gasteiger partial charge in [-0.15, -0.1) is 0 Å². The summed E-state index contributed by atoms with van der Waals surface area (Å²) in [4.78, 5) is 14.9. The third kappa shape index (κ3) is 3.75. The van der Waals surface area contributed by atoms with Gasteiger partial charge in [0.25, 0.3) is 5.91 Å². The van der Waals surface area contributed by atoms with Gasteiger partial charge in [-0.05, 0) is 47.4 Å². The Hall–Kier alpha value is -2.79. The van der Waals surface area contributed by atoms with Gasteiger partial charge in [0.2, 0.25) is 0 Å². The molecule has 0 unspecified atom stereocenters. The third-order valence-electron chi connectivity index (χ3n) is 5.19. The molecule has 0 fully saturated rings. The van der Waals surface area contributed by atoms with Gasteiger partial charge in [-0.25, -0.2) is 0 Å². The number of hydrogen-bond donors (Lipinski definition) is 0. The highest BCUT2D eigenvalue weighted by Crippen LogP contribution is 2.38. The fourth-order valence-corrected chi connectivity index (χ4v) is 3.99. The zero-order valence-corrected chi connectivity index (χ0v) is 16.0. The fourth-order valence-electron chi connectivity index (χ4n) is 3.86. The van der Waals surface area contributed by atoms with E-state index in [9.17, 15) is 18.0 Å². The molecule has 0 spiro atoms. The van der Waals surface area contributed by atoms with Gasteiger partial charge in [0.15, 0.2) is 0 Å². The normalized spacial score (nSPS) is 16.4. The van der Waals surface area contributed by atoms with E-state index in [1.54, 1.807) is 12.1 Å². The van der Waals surface area contributed by atoms with E-state index >= 15 is 0 Å². The van der Waals surface area contributed by atoms with Crippen LogP contribution in [-0.2, 0) is 12.6 Å². The number of alkyl halides is 3. The van der Waals surface area contributed by atoms with Crippen LogP contribution in [0, 0.1) is 0 Å². The van der Waals surface area contributed by atoms with Crippen molar-refractivity contribution in [1.82, 2.24) is 4.90 Å². The first-order valence-electron chi connectivity index (χ1n) is 9.17. The number of halogens is 4. The highest BCUT2D eigenvalue weighted by molar-refractivity contribution is 6.30. The molecule has 1 aliphatic heterocycles. The van der Waals surface area contributed by atoms with Gasteiger partial charge in [-0.2, -0.15) is 13.2 Å². The Morgan fingerprint density at radius 2 is 1.59 bits per heavy atom. The topological polar surface area (TPSA) is 20.3 Å². The van der Waals surface area contributed by atoms with Gasteiger partial charge in [0.1, 0.15) is 0 Å². The van der Waals surface area contributed by atoms with E-state index in [2.05, 4.69) is 0 Å². The maximum Gasteiger partial charge on any atom is 0.417 e. The second-order valence-electron chi connectivity index (χ2n) is 6.94. The van der Waals surface area contributed by atoms with Gasteiger partial charge >= 0.3 is 6.18 Å². The molecule has 0 radical (unpaired) electrons. The van der Waals surface area contributed by atoms with E-state index in [-0.39, 0.29) is 5.56 Å². The molecule has 2 nitrogen and oxygen atoms in total. The number of carbonyl (C=O) groups is 1. The molecule has 29 heavy (non-hydrogen) atoms. The second kappa shape index (κ2) is 7.56. The molecule has 0 saturated heterocycles. The third-order valence-corrected chi connectivity index (χ3v) is 5.44. The Kier molecular flexibility index (Phi) is 5.09. The summed E-state index contributed by atoms with van der Waals surface area (Å²) in [6.07, 6.45) is -4.02. The van der Waals surface area contributed by atoms with Gasteiger partial charge in [-0.3, -0.25) is 4.79 Å². The van der Waals surface area contributed by atoms with Crippen LogP contribution in [0.4, 0.5) is 13.2 Å². The van der Waals surface area contributed by atoms with Crippen LogP contribution in [0.2, 0.25) is 5.02 Å². The number of amides is 1. The Bertz CT molecular complexity index is 1050. The van der Waals surface area contributed by atoms with Crippen LogP contribution < -0.4 is 0 Å². The molecule has 0 aromatic heterocycles. The van der Waals surface area contributed by atoms with Crippen molar-refractivity contribution in [3.05, 3.63) is 106 Å². The van der Waals surface area contributed by atoms with E-state index in [1.807, 2.05) is 36.4 Å². The van der Waals surface area contributed by atoms with Crippen molar-refractivity contribution >= 4 is 17.5 Å². The molecule has 148 valence electrons. The van der Waals surface area contributed by atoms with Gasteiger partial charge in [-0.1, -0.05) is 60.1 Å². The van der Waals surface area contributed by atoms with Crippen LogP contribution in [-0.4, -0.2) is 17.4 Å². The molecular weight excluding hydrogens is 399 g/mol. The maximum absolute atomic E-state index is 13.5. The standard InChI is InChI=1S/C23H17ClF3NO/c24-17-11-9-16(10-12-17)21-18-6-2-1-5-15(18)13-14-28(21)22(29)19-7-3-4-8-20(19)23(25,26)27/h1-12,21H,13-14H2/t21-/m1/s1. The molecule has 1 aliphatic rings. The van der Waals surface area contributed by atoms with Crippen LogP contribution in [0.25, 0.3) is 0 Å². The summed E-state index contributed by atoms with van der Waals surface area (Å²) < 4.78 is 40.5. The zero-order valence-electron chi connectivity index (χ0n) is 15.3. The summed E-state index contributed by atoms with van der Waals surface area (Å²) in [7, 11) is 0. The number of carbonyl (C=O) groups excluding carboxylic acids is 1. The molecule has 4 rings (SSSR count). The molecule has 3 aromatic carbocycles. The monoisotopic (exact) mass is 415 g/mol. The molecule has 1 amide bonds. The maximum atomic E-state index is 13.5. The highest BCUT2D eigenvalue weighted by atomic mass is 35.5. The lowest BCUT2D eigenvalue weighted by molar-refractivity contribution is -0.138. The number of nitrogens with zero attached hydrogens (tertiary/aromatic N) is 1. The summed E-state index contributed by atoms with van der Waals surface area (Å²) in [6.45, 7) is 0.329. The van der Waals surface area contributed by atoms with Gasteiger partial charge in [0, 0.05) is 11.6 Å². The average molecular weight is 416 g/mol. The average Bonchev–Trinajstić information content (AvgIpc) is 2.72. The van der Waals surface area contributed by atoms with E-state index in [4.69, 9.17) is 11.6 Å². The Morgan fingerprint density at radius 3 is 2.31 bits per heavy atom. The Labute approximate surface area is 171 Å². The van der Waals surface area contributed by atoms with Gasteiger partial charge in [0.05, 0.1) is 17.2 Å². The molecule has 1 atom stereocenters. The first-order valence-corrected chi connectivity index (χ1v) is 9.54. The first kappa shape index (κ1) is 19.5. The number of fused-ring (bicyclic) bond motifs is 1. The van der Waals surface area contributed by atoms with E-state index in [0.717, 1.165) is 22.8 Å². The van der Waals surface area contributed by atoms with Crippen LogP contribution in [0.1, 0.15) is 38.7 Å². The predicted octanol–water partition coefficient (Wildman–Crippen LogP) is 6.15. The predicted molar refractivity (Wildman–Crippen MR) is 106 cm³/mol. The molecule has 0 bridgehead atoms. The second-order valence-corrected chi connectivity index (χ2v) is 7.38. The number of hydrogen-bond acceptors (Lipinski definition) is 1. The van der Waals surface area contributed by atoms with E-state index in [0.29, 0.717) is 18.0 Å². The lowest BCUT2D eigenvalue weighted by Crippen LogP contribution is -2.41. The molecule has 0 saturated carbocycles. The minimum absolute atomic E-state index is 0.329. The quantitative estimate of drug-likeness (QED) is 0.491. The van der Waals surface area contributed by atoms with Crippen molar-refractivity contribution in [1.29, 1.82) is 0 Å². The lowest BCUT2D eigenvalue weighted by Gasteiger charge is -2.38. The van der Waals surface area contributed by atoms with Crippen molar-refractivity contribution in [2.75, 3.05) is 6.54 Å². The largest absolute Gasteiger partial charge is 0.417 e. The summed E-state index contributed by atoms with van der Waals surface area (Å²) in [5, 5.41) is 0.554. The van der Waals surface area contributed by atoms with Crippen LogP contribution in [0.5, 0.6) is 0 Å².